The molecule has 2 aromatic heterocycles. The molecule has 1 N–H and O–H groups in total. The number of carbonyl (C=O) groups is 1. The molecule has 0 saturated heterocycles. The number of rotatable bonds is 5. The fraction of sp³-hybridized carbons (Fsp3) is 0.235. The van der Waals surface area contributed by atoms with Crippen molar-refractivity contribution >= 4 is 22.6 Å². The van der Waals surface area contributed by atoms with Gasteiger partial charge >= 0.3 is 0 Å². The van der Waals surface area contributed by atoms with E-state index in [0.29, 0.717) is 11.4 Å². The van der Waals surface area contributed by atoms with E-state index in [4.69, 9.17) is 9.47 Å². The topological polar surface area (TPSA) is 78.3 Å². The molecule has 0 bridgehead atoms. The molecule has 0 spiro atoms. The van der Waals surface area contributed by atoms with Crippen molar-refractivity contribution in [2.24, 2.45) is 7.05 Å². The third kappa shape index (κ3) is 3.29. The van der Waals surface area contributed by atoms with E-state index in [1.165, 1.54) is 0 Å². The monoisotopic (exact) mass is 326 g/mol. The minimum absolute atomic E-state index is 0.0869. The van der Waals surface area contributed by atoms with Crippen LogP contribution in [0.3, 0.4) is 0 Å². The molecule has 0 fully saturated rings. The number of carbonyl (C=O) groups excluding carboxylic acids is 1. The largest absolute Gasteiger partial charge is 0.497 e. The number of pyridine rings is 1. The fourth-order valence-corrected chi connectivity index (χ4v) is 2.39. The second-order valence-electron chi connectivity index (χ2n) is 5.32. The van der Waals surface area contributed by atoms with Gasteiger partial charge < -0.3 is 14.8 Å². The highest BCUT2D eigenvalue weighted by molar-refractivity contribution is 5.94. The number of anilines is 1. The number of methoxy groups -OCH3 is 1. The number of aromatic nitrogens is 3. The predicted octanol–water partition coefficient (Wildman–Crippen LogP) is 2.30. The van der Waals surface area contributed by atoms with Crippen LogP contribution in [0.2, 0.25) is 0 Å². The number of ether oxygens (including phenoxy) is 2. The lowest BCUT2D eigenvalue weighted by Crippen LogP contribution is -2.20. The van der Waals surface area contributed by atoms with Crippen molar-refractivity contribution in [1.82, 2.24) is 14.8 Å². The molecular formula is C17H18N4O3. The third-order valence-electron chi connectivity index (χ3n) is 3.58. The second kappa shape index (κ2) is 6.57. The van der Waals surface area contributed by atoms with Crippen molar-refractivity contribution in [1.29, 1.82) is 0 Å². The molecule has 7 heteroatoms. The molecular weight excluding hydrogens is 308 g/mol. The summed E-state index contributed by atoms with van der Waals surface area (Å²) in [6.07, 6.45) is 1.61. The Morgan fingerprint density at radius 3 is 2.67 bits per heavy atom. The van der Waals surface area contributed by atoms with Crippen LogP contribution in [-0.4, -0.2) is 34.4 Å². The van der Waals surface area contributed by atoms with E-state index in [2.05, 4.69) is 15.4 Å². The maximum atomic E-state index is 12.0. The summed E-state index contributed by atoms with van der Waals surface area (Å²) in [6.45, 7) is 1.82. The summed E-state index contributed by atoms with van der Waals surface area (Å²) in [5.41, 5.74) is 2.26. The number of amides is 1. The highest BCUT2D eigenvalue weighted by Crippen LogP contribution is 2.20. The van der Waals surface area contributed by atoms with Crippen molar-refractivity contribution in [3.63, 3.8) is 0 Å². The van der Waals surface area contributed by atoms with Gasteiger partial charge in [0.05, 0.1) is 24.7 Å². The van der Waals surface area contributed by atoms with Gasteiger partial charge in [-0.05, 0) is 37.3 Å². The average molecular weight is 326 g/mol. The molecule has 1 aromatic carbocycles. The summed E-state index contributed by atoms with van der Waals surface area (Å²) >= 11 is 0. The molecule has 0 radical (unpaired) electrons. The summed E-state index contributed by atoms with van der Waals surface area (Å²) in [5.74, 6) is 1.08. The quantitative estimate of drug-likeness (QED) is 0.778. The van der Waals surface area contributed by atoms with Crippen LogP contribution in [0.5, 0.6) is 11.5 Å². The van der Waals surface area contributed by atoms with E-state index in [-0.39, 0.29) is 12.5 Å². The first kappa shape index (κ1) is 15.8. The van der Waals surface area contributed by atoms with E-state index in [9.17, 15) is 4.79 Å². The van der Waals surface area contributed by atoms with Crippen LogP contribution in [-0.2, 0) is 11.8 Å². The Morgan fingerprint density at radius 2 is 1.96 bits per heavy atom. The summed E-state index contributed by atoms with van der Waals surface area (Å²) in [4.78, 5) is 16.3. The second-order valence-corrected chi connectivity index (χ2v) is 5.32. The van der Waals surface area contributed by atoms with Crippen LogP contribution >= 0.6 is 0 Å². The predicted molar refractivity (Wildman–Crippen MR) is 90.4 cm³/mol. The highest BCUT2D eigenvalue weighted by Gasteiger charge is 2.09. The Morgan fingerprint density at radius 1 is 1.25 bits per heavy atom. The summed E-state index contributed by atoms with van der Waals surface area (Å²) in [7, 11) is 3.43. The smallest absolute Gasteiger partial charge is 0.262 e. The number of fused-ring (bicyclic) bond motifs is 1. The van der Waals surface area contributed by atoms with Crippen molar-refractivity contribution in [2.45, 2.75) is 6.92 Å². The zero-order chi connectivity index (χ0) is 17.1. The van der Waals surface area contributed by atoms with Gasteiger partial charge in [-0.15, -0.1) is 0 Å². The molecule has 3 rings (SSSR count). The van der Waals surface area contributed by atoms with E-state index in [1.807, 2.05) is 20.0 Å². The van der Waals surface area contributed by atoms with Crippen LogP contribution in [0, 0.1) is 6.92 Å². The normalized spacial score (nSPS) is 10.6. The van der Waals surface area contributed by atoms with E-state index < -0.39 is 0 Å². The maximum Gasteiger partial charge on any atom is 0.262 e. The molecule has 3 aromatic rings. The molecule has 1 amide bonds. The van der Waals surface area contributed by atoms with E-state index >= 15 is 0 Å². The van der Waals surface area contributed by atoms with Gasteiger partial charge in [0.1, 0.15) is 11.5 Å². The van der Waals surface area contributed by atoms with Gasteiger partial charge in [0.2, 0.25) is 0 Å². The molecule has 0 aliphatic rings. The van der Waals surface area contributed by atoms with Crippen LogP contribution < -0.4 is 14.8 Å². The molecule has 7 nitrogen and oxygen atoms in total. The average Bonchev–Trinajstić information content (AvgIpc) is 2.87. The number of aryl methyl sites for hydroxylation is 2. The minimum atomic E-state index is -0.256. The Bertz CT molecular complexity index is 871. The van der Waals surface area contributed by atoms with E-state index in [1.54, 1.807) is 42.3 Å². The molecule has 0 saturated carbocycles. The summed E-state index contributed by atoms with van der Waals surface area (Å²) in [5, 5.41) is 7.99. The Kier molecular flexibility index (Phi) is 4.33. The molecule has 2 heterocycles. The van der Waals surface area contributed by atoms with Gasteiger partial charge in [-0.1, -0.05) is 0 Å². The van der Waals surface area contributed by atoms with Crippen molar-refractivity contribution in [3.05, 3.63) is 42.2 Å². The zero-order valence-electron chi connectivity index (χ0n) is 13.7. The molecule has 0 aliphatic heterocycles. The zero-order valence-corrected chi connectivity index (χ0v) is 13.7. The first-order valence-corrected chi connectivity index (χ1v) is 7.43. The van der Waals surface area contributed by atoms with Gasteiger partial charge in [-0.25, -0.2) is 4.98 Å². The molecule has 24 heavy (non-hydrogen) atoms. The number of nitrogens with zero attached hydrogens (tertiary/aromatic N) is 3. The summed E-state index contributed by atoms with van der Waals surface area (Å²) in [6, 6.07) is 8.90. The van der Waals surface area contributed by atoms with Crippen molar-refractivity contribution in [3.8, 4) is 11.5 Å². The molecule has 0 aliphatic carbocycles. The Hall–Kier alpha value is -3.09. The molecule has 124 valence electrons. The van der Waals surface area contributed by atoms with Gasteiger partial charge in [-0.3, -0.25) is 9.48 Å². The van der Waals surface area contributed by atoms with Gasteiger partial charge in [0.25, 0.3) is 5.91 Å². The standard InChI is InChI=1S/C17H18N4O3/c1-11-15-8-12(9-18-17(15)21(2)20-11)19-16(22)10-24-14-6-4-13(23-3)5-7-14/h4-9H,10H2,1-3H3,(H,19,22). The maximum absolute atomic E-state index is 12.0. The highest BCUT2D eigenvalue weighted by atomic mass is 16.5. The minimum Gasteiger partial charge on any atom is -0.497 e. The Balaban J connectivity index is 1.62. The first-order chi connectivity index (χ1) is 11.6. The van der Waals surface area contributed by atoms with Crippen molar-refractivity contribution in [2.75, 3.05) is 19.0 Å². The number of nitrogens with one attached hydrogen (secondary N) is 1. The number of benzene rings is 1. The van der Waals surface area contributed by atoms with Crippen molar-refractivity contribution < 1.29 is 14.3 Å². The van der Waals surface area contributed by atoms with Gasteiger partial charge in [-0.2, -0.15) is 5.10 Å². The van der Waals surface area contributed by atoms with E-state index in [0.717, 1.165) is 22.5 Å². The van der Waals surface area contributed by atoms with Gasteiger partial charge in [0, 0.05) is 12.4 Å². The fourth-order valence-electron chi connectivity index (χ4n) is 2.39. The van der Waals surface area contributed by atoms with Crippen LogP contribution in [0.25, 0.3) is 11.0 Å². The Labute approximate surface area is 139 Å². The van der Waals surface area contributed by atoms with Gasteiger partial charge in [0.15, 0.2) is 12.3 Å². The first-order valence-electron chi connectivity index (χ1n) is 7.43. The number of hydrogen-bond acceptors (Lipinski definition) is 5. The van der Waals surface area contributed by atoms with Crippen LogP contribution in [0.1, 0.15) is 5.69 Å². The van der Waals surface area contributed by atoms with Crippen LogP contribution in [0.15, 0.2) is 36.5 Å². The lowest BCUT2D eigenvalue weighted by Gasteiger charge is -2.08. The molecule has 0 unspecified atom stereocenters. The van der Waals surface area contributed by atoms with Crippen LogP contribution in [0.4, 0.5) is 5.69 Å². The SMILES string of the molecule is COc1ccc(OCC(=O)Nc2cnc3c(c2)c(C)nn3C)cc1. The summed E-state index contributed by atoms with van der Waals surface area (Å²) < 4.78 is 12.2. The lowest BCUT2D eigenvalue weighted by atomic mass is 10.2. The third-order valence-corrected chi connectivity index (χ3v) is 3.58. The number of hydrogen-bond donors (Lipinski definition) is 1. The lowest BCUT2D eigenvalue weighted by molar-refractivity contribution is -0.118. The molecule has 0 atom stereocenters.